The van der Waals surface area contributed by atoms with Crippen LogP contribution in [0.25, 0.3) is 10.9 Å². The van der Waals surface area contributed by atoms with E-state index >= 15 is 0 Å². The van der Waals surface area contributed by atoms with Gasteiger partial charge in [0.1, 0.15) is 18.7 Å². The number of nitrogens with one attached hydrogen (secondary N) is 2. The number of pyridine rings is 1. The minimum atomic E-state index is -1.32. The number of nitrogens with two attached hydrogens (primary N) is 1. The van der Waals surface area contributed by atoms with E-state index in [1.807, 2.05) is 36.4 Å². The molecule has 0 aliphatic heterocycles. The number of aliphatic hydroxyl groups is 1. The molecule has 1 heterocycles. The number of para-hydroxylation sites is 1. The number of benzene rings is 2. The third-order valence-corrected chi connectivity index (χ3v) is 4.73. The Morgan fingerprint density at radius 2 is 1.66 bits per heavy atom. The predicted octanol–water partition coefficient (Wildman–Crippen LogP) is 1.03. The van der Waals surface area contributed by atoms with Crippen molar-refractivity contribution in [2.24, 2.45) is 5.73 Å². The Kier molecular flexibility index (Phi) is 7.71. The van der Waals surface area contributed by atoms with E-state index in [-0.39, 0.29) is 13.0 Å². The molecule has 9 nitrogen and oxygen atoms in total. The number of ether oxygens (including phenoxy) is 1. The summed E-state index contributed by atoms with van der Waals surface area (Å²) in [5.74, 6) is -1.54. The highest BCUT2D eigenvalue weighted by Gasteiger charge is 2.26. The lowest BCUT2D eigenvalue weighted by Crippen LogP contribution is -2.55. The monoisotopic (exact) mass is 436 g/mol. The Morgan fingerprint density at radius 1 is 0.938 bits per heavy atom. The van der Waals surface area contributed by atoms with E-state index in [9.17, 15) is 19.5 Å². The molecule has 166 valence electrons. The fourth-order valence-electron chi connectivity index (χ4n) is 3.03. The number of carbonyl (C=O) groups excluding carboxylic acids is 3. The van der Waals surface area contributed by atoms with Crippen molar-refractivity contribution in [1.29, 1.82) is 0 Å². The van der Waals surface area contributed by atoms with Crippen LogP contribution in [0.1, 0.15) is 11.3 Å². The zero-order valence-corrected chi connectivity index (χ0v) is 17.2. The van der Waals surface area contributed by atoms with Gasteiger partial charge in [-0.1, -0.05) is 54.6 Å². The zero-order valence-electron chi connectivity index (χ0n) is 17.2. The van der Waals surface area contributed by atoms with Gasteiger partial charge in [-0.3, -0.25) is 14.6 Å². The number of hydrogen-bond donors (Lipinski definition) is 4. The summed E-state index contributed by atoms with van der Waals surface area (Å²) in [6.45, 7) is -0.685. The Balaban J connectivity index is 1.59. The van der Waals surface area contributed by atoms with Gasteiger partial charge in [-0.05, 0) is 17.7 Å². The van der Waals surface area contributed by atoms with E-state index < -0.39 is 36.6 Å². The molecule has 0 saturated carbocycles. The van der Waals surface area contributed by atoms with Crippen LogP contribution < -0.4 is 16.4 Å². The molecule has 3 aromatic rings. The van der Waals surface area contributed by atoms with Crippen LogP contribution in [-0.4, -0.2) is 46.7 Å². The lowest BCUT2D eigenvalue weighted by Gasteiger charge is -2.20. The number of aromatic nitrogens is 1. The van der Waals surface area contributed by atoms with Crippen molar-refractivity contribution >= 4 is 28.8 Å². The van der Waals surface area contributed by atoms with Gasteiger partial charge in [0.2, 0.25) is 11.8 Å². The van der Waals surface area contributed by atoms with Gasteiger partial charge in [0.05, 0.1) is 12.1 Å². The van der Waals surface area contributed by atoms with Gasteiger partial charge in [-0.15, -0.1) is 0 Å². The Hall–Kier alpha value is -3.98. The molecule has 9 heteroatoms. The molecule has 3 rings (SSSR count). The highest BCUT2D eigenvalue weighted by molar-refractivity contribution is 5.91. The van der Waals surface area contributed by atoms with Gasteiger partial charge in [0, 0.05) is 17.5 Å². The topological polar surface area (TPSA) is 144 Å². The third kappa shape index (κ3) is 6.26. The maximum Gasteiger partial charge on any atom is 0.408 e. The maximum absolute atomic E-state index is 12.5. The van der Waals surface area contributed by atoms with Crippen molar-refractivity contribution in [3.63, 3.8) is 0 Å². The van der Waals surface area contributed by atoms with E-state index in [4.69, 9.17) is 10.5 Å². The molecule has 0 radical (unpaired) electrons. The molecule has 0 saturated heterocycles. The number of nitrogens with zero attached hydrogens (tertiary/aromatic N) is 1. The molecular weight excluding hydrogens is 412 g/mol. The molecule has 0 aliphatic carbocycles. The lowest BCUT2D eigenvalue weighted by atomic mass is 10.1. The second-order valence-corrected chi connectivity index (χ2v) is 7.10. The number of amides is 3. The highest BCUT2D eigenvalue weighted by Crippen LogP contribution is 2.13. The Labute approximate surface area is 184 Å². The predicted molar refractivity (Wildman–Crippen MR) is 117 cm³/mol. The van der Waals surface area contributed by atoms with E-state index in [2.05, 4.69) is 15.6 Å². The van der Waals surface area contributed by atoms with Gasteiger partial charge in [0.15, 0.2) is 0 Å². The number of carbonyl (C=O) groups is 3. The first-order valence-corrected chi connectivity index (χ1v) is 9.98. The fourth-order valence-corrected chi connectivity index (χ4v) is 3.03. The summed E-state index contributed by atoms with van der Waals surface area (Å²) >= 11 is 0. The SMILES string of the molecule is NC(=O)[C@H](Cc1ccc2ccccc2n1)NC(=O)[C@H](CO)NC(=O)OCc1ccccc1. The van der Waals surface area contributed by atoms with Crippen LogP contribution in [0.3, 0.4) is 0 Å². The quantitative estimate of drug-likeness (QED) is 0.395. The van der Waals surface area contributed by atoms with Crippen molar-refractivity contribution < 1.29 is 24.2 Å². The largest absolute Gasteiger partial charge is 0.445 e. The molecule has 3 amide bonds. The van der Waals surface area contributed by atoms with Crippen molar-refractivity contribution in [3.8, 4) is 0 Å². The Bertz CT molecular complexity index is 1090. The van der Waals surface area contributed by atoms with Gasteiger partial charge in [0.25, 0.3) is 0 Å². The zero-order chi connectivity index (χ0) is 22.9. The van der Waals surface area contributed by atoms with Crippen LogP contribution in [-0.2, 0) is 27.4 Å². The lowest BCUT2D eigenvalue weighted by molar-refractivity contribution is -0.129. The average Bonchev–Trinajstić information content (AvgIpc) is 2.81. The minimum Gasteiger partial charge on any atom is -0.445 e. The summed E-state index contributed by atoms with van der Waals surface area (Å²) in [6, 6.07) is 17.7. The van der Waals surface area contributed by atoms with Crippen LogP contribution in [0.4, 0.5) is 4.79 Å². The summed E-state index contributed by atoms with van der Waals surface area (Å²) < 4.78 is 5.06. The number of fused-ring (bicyclic) bond motifs is 1. The summed E-state index contributed by atoms with van der Waals surface area (Å²) in [7, 11) is 0. The van der Waals surface area contributed by atoms with Crippen molar-refractivity contribution in [2.75, 3.05) is 6.61 Å². The number of rotatable bonds is 9. The van der Waals surface area contributed by atoms with Crippen molar-refractivity contribution in [2.45, 2.75) is 25.1 Å². The normalized spacial score (nSPS) is 12.5. The van der Waals surface area contributed by atoms with Crippen LogP contribution in [0.2, 0.25) is 0 Å². The minimum absolute atomic E-state index is 0.00395. The summed E-state index contributed by atoms with van der Waals surface area (Å²) in [4.78, 5) is 40.9. The Morgan fingerprint density at radius 3 is 2.38 bits per heavy atom. The fraction of sp³-hybridized carbons (Fsp3) is 0.217. The van der Waals surface area contributed by atoms with E-state index in [1.165, 1.54) is 0 Å². The molecule has 32 heavy (non-hydrogen) atoms. The molecule has 0 fully saturated rings. The second-order valence-electron chi connectivity index (χ2n) is 7.10. The van der Waals surface area contributed by atoms with Crippen LogP contribution >= 0.6 is 0 Å². The summed E-state index contributed by atoms with van der Waals surface area (Å²) in [6.07, 6.45) is -0.822. The molecule has 2 atom stereocenters. The molecule has 0 spiro atoms. The first kappa shape index (κ1) is 22.7. The first-order valence-electron chi connectivity index (χ1n) is 9.98. The van der Waals surface area contributed by atoms with Crippen LogP contribution in [0.15, 0.2) is 66.7 Å². The average molecular weight is 436 g/mol. The first-order chi connectivity index (χ1) is 15.5. The van der Waals surface area contributed by atoms with E-state index in [1.54, 1.807) is 30.3 Å². The van der Waals surface area contributed by atoms with Gasteiger partial charge >= 0.3 is 6.09 Å². The van der Waals surface area contributed by atoms with Gasteiger partial charge in [-0.2, -0.15) is 0 Å². The molecular formula is C23H24N4O5. The van der Waals surface area contributed by atoms with Gasteiger partial charge in [-0.25, -0.2) is 4.79 Å². The van der Waals surface area contributed by atoms with Crippen molar-refractivity contribution in [3.05, 3.63) is 78.0 Å². The second kappa shape index (κ2) is 10.9. The molecule has 5 N–H and O–H groups in total. The maximum atomic E-state index is 12.5. The highest BCUT2D eigenvalue weighted by atomic mass is 16.5. The molecule has 1 aromatic heterocycles. The number of hydrogen-bond acceptors (Lipinski definition) is 6. The smallest absolute Gasteiger partial charge is 0.408 e. The number of alkyl carbamates (subject to hydrolysis) is 1. The molecule has 2 aromatic carbocycles. The van der Waals surface area contributed by atoms with Gasteiger partial charge < -0.3 is 26.2 Å². The van der Waals surface area contributed by atoms with E-state index in [0.29, 0.717) is 5.69 Å². The molecule has 0 bridgehead atoms. The van der Waals surface area contributed by atoms with E-state index in [0.717, 1.165) is 16.5 Å². The number of primary amides is 1. The van der Waals surface area contributed by atoms with Crippen LogP contribution in [0.5, 0.6) is 0 Å². The summed E-state index contributed by atoms with van der Waals surface area (Å²) in [5.41, 5.74) is 7.52. The molecule has 0 unspecified atom stereocenters. The van der Waals surface area contributed by atoms with Crippen molar-refractivity contribution in [1.82, 2.24) is 15.6 Å². The molecule has 0 aliphatic rings. The van der Waals surface area contributed by atoms with Crippen LogP contribution in [0, 0.1) is 0 Å². The summed E-state index contributed by atoms with van der Waals surface area (Å²) in [5, 5.41) is 15.2. The number of aliphatic hydroxyl groups excluding tert-OH is 1. The third-order valence-electron chi connectivity index (χ3n) is 4.73. The standard InChI is InChI=1S/C23H24N4O5/c24-21(29)19(12-17-11-10-16-8-4-5-9-18(16)25-17)26-22(30)20(13-28)27-23(31)32-14-15-6-2-1-3-7-15/h1-11,19-20,28H,12-14H2,(H2,24,29)(H,26,30)(H,27,31)/t19-,20-/m0/s1.